The van der Waals surface area contributed by atoms with Crippen LogP contribution in [0.1, 0.15) is 16.1 Å². The maximum atomic E-state index is 13.0. The molecule has 0 spiro atoms. The summed E-state index contributed by atoms with van der Waals surface area (Å²) < 4.78 is 44.6. The zero-order valence-electron chi connectivity index (χ0n) is 17.5. The number of hydrogen-bond donors (Lipinski definition) is 5. The van der Waals surface area contributed by atoms with Crippen molar-refractivity contribution in [1.29, 1.82) is 0 Å². The number of halogens is 4. The summed E-state index contributed by atoms with van der Waals surface area (Å²) in [4.78, 5) is 27.9. The number of benzene rings is 2. The van der Waals surface area contributed by atoms with E-state index in [1.54, 1.807) is 0 Å². The van der Waals surface area contributed by atoms with Crippen LogP contribution in [0.3, 0.4) is 0 Å². The highest BCUT2D eigenvalue weighted by atomic mass is 35.5. The van der Waals surface area contributed by atoms with E-state index in [1.807, 2.05) is 0 Å². The summed E-state index contributed by atoms with van der Waals surface area (Å²) in [5, 5.41) is 6.66. The molecule has 0 unspecified atom stereocenters. The first-order chi connectivity index (χ1) is 16.0. The van der Waals surface area contributed by atoms with Crippen LogP contribution in [0.2, 0.25) is 5.02 Å². The minimum atomic E-state index is -4.67. The van der Waals surface area contributed by atoms with E-state index in [2.05, 4.69) is 20.9 Å². The molecule has 7 N–H and O–H groups in total. The lowest BCUT2D eigenvalue weighted by atomic mass is 10.2. The number of alkyl halides is 3. The van der Waals surface area contributed by atoms with E-state index in [0.29, 0.717) is 0 Å². The Bertz CT molecular complexity index is 1250. The number of nitrogen functional groups attached to an aromatic ring is 2. The van der Waals surface area contributed by atoms with Gasteiger partial charge in [0.25, 0.3) is 5.91 Å². The fourth-order valence-corrected chi connectivity index (χ4v) is 3.01. The van der Waals surface area contributed by atoms with Crippen molar-refractivity contribution in [1.82, 2.24) is 10.3 Å². The molecular formula is C21H18ClF3N6O3. The summed E-state index contributed by atoms with van der Waals surface area (Å²) in [5.74, 6) is 0.108. The average molecular weight is 495 g/mol. The smallest absolute Gasteiger partial charge is 0.417 e. The van der Waals surface area contributed by atoms with Crippen molar-refractivity contribution >= 4 is 46.4 Å². The lowest BCUT2D eigenvalue weighted by Crippen LogP contribution is -2.20. The molecule has 0 saturated carbocycles. The summed E-state index contributed by atoms with van der Waals surface area (Å²) in [6, 6.07) is 9.24. The molecule has 0 bridgehead atoms. The van der Waals surface area contributed by atoms with Gasteiger partial charge in [-0.15, -0.1) is 0 Å². The van der Waals surface area contributed by atoms with E-state index in [9.17, 15) is 22.8 Å². The maximum Gasteiger partial charge on any atom is 0.417 e. The van der Waals surface area contributed by atoms with Crippen LogP contribution < -0.4 is 32.2 Å². The molecule has 9 nitrogen and oxygen atoms in total. The zero-order chi connectivity index (χ0) is 25.0. The van der Waals surface area contributed by atoms with E-state index < -0.39 is 28.7 Å². The summed E-state index contributed by atoms with van der Waals surface area (Å²) in [6.07, 6.45) is -4.67. The molecule has 0 atom stereocenters. The van der Waals surface area contributed by atoms with Gasteiger partial charge in [0.05, 0.1) is 22.0 Å². The number of pyridine rings is 1. The predicted octanol–water partition coefficient (Wildman–Crippen LogP) is 4.71. The highest BCUT2D eigenvalue weighted by molar-refractivity contribution is 6.31. The molecule has 0 fully saturated rings. The highest BCUT2D eigenvalue weighted by Crippen LogP contribution is 2.36. The zero-order valence-corrected chi connectivity index (χ0v) is 18.2. The normalized spacial score (nSPS) is 11.0. The Balaban J connectivity index is 1.71. The minimum Gasteiger partial charge on any atom is -0.457 e. The number of rotatable bonds is 5. The second-order valence-corrected chi connectivity index (χ2v) is 7.22. The van der Waals surface area contributed by atoms with Gasteiger partial charge in [0.1, 0.15) is 23.0 Å². The van der Waals surface area contributed by atoms with Crippen molar-refractivity contribution in [2.45, 2.75) is 6.18 Å². The first kappa shape index (κ1) is 24.5. The molecule has 3 aromatic rings. The molecule has 2 aromatic carbocycles. The SMILES string of the molecule is CNC(=O)c1cc(Oc2ccc(NC(=O)Nc3ccc(Cl)c(C(F)(F)F)c3)c(N)c2)cc(N)n1. The highest BCUT2D eigenvalue weighted by Gasteiger charge is 2.33. The number of ether oxygens (including phenoxy) is 1. The number of nitrogens with two attached hydrogens (primary N) is 2. The van der Waals surface area contributed by atoms with Crippen LogP contribution in [0, 0.1) is 0 Å². The topological polar surface area (TPSA) is 144 Å². The van der Waals surface area contributed by atoms with Gasteiger partial charge in [-0.25, -0.2) is 9.78 Å². The van der Waals surface area contributed by atoms with Gasteiger partial charge >= 0.3 is 12.2 Å². The molecule has 3 rings (SSSR count). The van der Waals surface area contributed by atoms with Gasteiger partial charge in [0.15, 0.2) is 0 Å². The van der Waals surface area contributed by atoms with Crippen LogP contribution >= 0.6 is 11.6 Å². The van der Waals surface area contributed by atoms with Crippen LogP contribution in [0.4, 0.5) is 40.8 Å². The second kappa shape index (κ2) is 9.75. The molecule has 3 amide bonds. The molecule has 13 heteroatoms. The van der Waals surface area contributed by atoms with Gasteiger partial charge in [-0.3, -0.25) is 4.79 Å². The molecule has 0 aliphatic carbocycles. The number of amides is 3. The number of carbonyl (C=O) groups is 2. The van der Waals surface area contributed by atoms with Gasteiger partial charge in [0, 0.05) is 30.9 Å². The standard InChI is InChI=1S/C21H18ClF3N6O3/c1-28-19(32)17-8-12(9-18(27)30-17)34-11-3-5-16(15(26)7-11)31-20(33)29-10-2-4-14(22)13(6-10)21(23,24)25/h2-9H,26H2,1H3,(H2,27,30)(H,28,32)(H2,29,31,33). The monoisotopic (exact) mass is 494 g/mol. The van der Waals surface area contributed by atoms with Crippen molar-refractivity contribution in [2.75, 3.05) is 29.1 Å². The van der Waals surface area contributed by atoms with Crippen molar-refractivity contribution in [3.8, 4) is 11.5 Å². The summed E-state index contributed by atoms with van der Waals surface area (Å²) in [6.45, 7) is 0. The number of anilines is 4. The van der Waals surface area contributed by atoms with Crippen molar-refractivity contribution in [2.24, 2.45) is 0 Å². The molecule has 1 aromatic heterocycles. The first-order valence-electron chi connectivity index (χ1n) is 9.48. The second-order valence-electron chi connectivity index (χ2n) is 6.81. The largest absolute Gasteiger partial charge is 0.457 e. The predicted molar refractivity (Wildman–Crippen MR) is 122 cm³/mol. The number of nitrogens with one attached hydrogen (secondary N) is 3. The van der Waals surface area contributed by atoms with E-state index in [0.717, 1.165) is 12.1 Å². The maximum absolute atomic E-state index is 13.0. The van der Waals surface area contributed by atoms with Gasteiger partial charge in [-0.05, 0) is 30.3 Å². The molecule has 178 valence electrons. The lowest BCUT2D eigenvalue weighted by Gasteiger charge is -2.14. The van der Waals surface area contributed by atoms with Crippen LogP contribution in [-0.2, 0) is 6.18 Å². The average Bonchev–Trinajstić information content (AvgIpc) is 2.75. The molecule has 0 saturated heterocycles. The molecular weight excluding hydrogens is 477 g/mol. The fraction of sp³-hybridized carbons (Fsp3) is 0.0952. The summed E-state index contributed by atoms with van der Waals surface area (Å²) in [5.41, 5.74) is 10.8. The van der Waals surface area contributed by atoms with E-state index in [4.69, 9.17) is 27.8 Å². The number of carbonyl (C=O) groups excluding carboxylic acids is 2. The van der Waals surface area contributed by atoms with Crippen LogP contribution in [-0.4, -0.2) is 24.0 Å². The Morgan fingerprint density at radius 1 is 1.00 bits per heavy atom. The Labute approximate surface area is 196 Å². The fourth-order valence-electron chi connectivity index (χ4n) is 2.79. The third-order valence-electron chi connectivity index (χ3n) is 4.31. The lowest BCUT2D eigenvalue weighted by molar-refractivity contribution is -0.137. The molecule has 1 heterocycles. The Kier molecular flexibility index (Phi) is 7.01. The quantitative estimate of drug-likeness (QED) is 0.325. The minimum absolute atomic E-state index is 0.0521. The number of hydrogen-bond acceptors (Lipinski definition) is 6. The van der Waals surface area contributed by atoms with Gasteiger partial charge in [-0.2, -0.15) is 13.2 Å². The Hall–Kier alpha value is -4.19. The number of nitrogens with zero attached hydrogens (tertiary/aromatic N) is 1. The molecule has 0 aliphatic heterocycles. The Morgan fingerprint density at radius 3 is 2.38 bits per heavy atom. The third-order valence-corrected chi connectivity index (χ3v) is 4.64. The molecule has 34 heavy (non-hydrogen) atoms. The van der Waals surface area contributed by atoms with E-state index >= 15 is 0 Å². The summed E-state index contributed by atoms with van der Waals surface area (Å²) in [7, 11) is 1.44. The number of urea groups is 1. The summed E-state index contributed by atoms with van der Waals surface area (Å²) >= 11 is 5.57. The third kappa shape index (κ3) is 5.98. The van der Waals surface area contributed by atoms with Crippen LogP contribution in [0.15, 0.2) is 48.5 Å². The van der Waals surface area contributed by atoms with E-state index in [-0.39, 0.29) is 40.1 Å². The van der Waals surface area contributed by atoms with Crippen molar-refractivity contribution < 1.29 is 27.5 Å². The van der Waals surface area contributed by atoms with Crippen LogP contribution in [0.5, 0.6) is 11.5 Å². The Morgan fingerprint density at radius 2 is 1.74 bits per heavy atom. The van der Waals surface area contributed by atoms with Crippen molar-refractivity contribution in [3.05, 3.63) is 64.8 Å². The van der Waals surface area contributed by atoms with E-state index in [1.165, 1.54) is 43.4 Å². The van der Waals surface area contributed by atoms with Crippen molar-refractivity contribution in [3.63, 3.8) is 0 Å². The molecule has 0 radical (unpaired) electrons. The first-order valence-corrected chi connectivity index (χ1v) is 9.86. The van der Waals surface area contributed by atoms with Gasteiger partial charge in [0.2, 0.25) is 0 Å². The van der Waals surface area contributed by atoms with Gasteiger partial charge in [-0.1, -0.05) is 11.6 Å². The van der Waals surface area contributed by atoms with Gasteiger partial charge < -0.3 is 32.2 Å². The number of aromatic nitrogens is 1. The van der Waals surface area contributed by atoms with Crippen LogP contribution in [0.25, 0.3) is 0 Å². The molecule has 0 aliphatic rings.